The van der Waals surface area contributed by atoms with Gasteiger partial charge in [0.2, 0.25) is 0 Å². The standard InChI is InChI=1S/C20H17Cl2NO3/c1-11-12(2)20(24)26-19-14(11)4-6-18-15(19)9-23(10-25-18)8-13-3-5-16(21)17(22)7-13/h3-7H,8-10H2,1-2H3. The van der Waals surface area contributed by atoms with Crippen LogP contribution in [-0.2, 0) is 13.1 Å². The monoisotopic (exact) mass is 389 g/mol. The Hall–Kier alpha value is -2.01. The van der Waals surface area contributed by atoms with Crippen LogP contribution in [-0.4, -0.2) is 11.6 Å². The van der Waals surface area contributed by atoms with Crippen LogP contribution in [0.15, 0.2) is 39.5 Å². The van der Waals surface area contributed by atoms with E-state index in [0.717, 1.165) is 27.8 Å². The Bertz CT molecular complexity index is 1070. The molecule has 0 N–H and O–H groups in total. The van der Waals surface area contributed by atoms with Crippen LogP contribution < -0.4 is 10.4 Å². The van der Waals surface area contributed by atoms with Crippen LogP contribution in [0.4, 0.5) is 0 Å². The Kier molecular flexibility index (Phi) is 4.43. The predicted molar refractivity (Wildman–Crippen MR) is 103 cm³/mol. The lowest BCUT2D eigenvalue weighted by atomic mass is 10.0. The minimum Gasteiger partial charge on any atom is -0.478 e. The van der Waals surface area contributed by atoms with Gasteiger partial charge in [-0.2, -0.15) is 0 Å². The van der Waals surface area contributed by atoms with Gasteiger partial charge in [-0.3, -0.25) is 4.90 Å². The first kappa shape index (κ1) is 17.4. The summed E-state index contributed by atoms with van der Waals surface area (Å²) in [7, 11) is 0. The summed E-state index contributed by atoms with van der Waals surface area (Å²) in [4.78, 5) is 14.3. The lowest BCUT2D eigenvalue weighted by Gasteiger charge is -2.29. The van der Waals surface area contributed by atoms with Gasteiger partial charge in [-0.25, -0.2) is 4.79 Å². The molecular formula is C20H17Cl2NO3. The normalized spacial score (nSPS) is 14.3. The maximum absolute atomic E-state index is 12.1. The van der Waals surface area contributed by atoms with E-state index in [0.29, 0.717) is 41.0 Å². The molecule has 1 aliphatic rings. The molecule has 26 heavy (non-hydrogen) atoms. The lowest BCUT2D eigenvalue weighted by molar-refractivity contribution is 0.0889. The molecule has 3 aromatic rings. The Morgan fingerprint density at radius 2 is 1.88 bits per heavy atom. The highest BCUT2D eigenvalue weighted by Gasteiger charge is 2.23. The number of halogens is 2. The average Bonchev–Trinajstić information content (AvgIpc) is 2.63. The second-order valence-electron chi connectivity index (χ2n) is 6.57. The summed E-state index contributed by atoms with van der Waals surface area (Å²) in [6.07, 6.45) is 0. The molecule has 0 radical (unpaired) electrons. The van der Waals surface area contributed by atoms with Gasteiger partial charge in [0.1, 0.15) is 18.1 Å². The van der Waals surface area contributed by atoms with Crippen molar-refractivity contribution in [1.82, 2.24) is 4.90 Å². The number of nitrogens with zero attached hydrogens (tertiary/aromatic N) is 1. The van der Waals surface area contributed by atoms with Gasteiger partial charge in [0.05, 0.1) is 15.6 Å². The minimum atomic E-state index is -0.301. The quantitative estimate of drug-likeness (QED) is 0.573. The van der Waals surface area contributed by atoms with E-state index in [2.05, 4.69) is 4.90 Å². The highest BCUT2D eigenvalue weighted by molar-refractivity contribution is 6.42. The van der Waals surface area contributed by atoms with E-state index < -0.39 is 0 Å². The second kappa shape index (κ2) is 6.62. The molecule has 2 aromatic carbocycles. The summed E-state index contributed by atoms with van der Waals surface area (Å²) in [5.74, 6) is 0.759. The van der Waals surface area contributed by atoms with E-state index in [1.54, 1.807) is 13.0 Å². The fraction of sp³-hybridized carbons (Fsp3) is 0.250. The smallest absolute Gasteiger partial charge is 0.339 e. The second-order valence-corrected chi connectivity index (χ2v) is 7.38. The molecule has 1 aliphatic heterocycles. The molecule has 0 atom stereocenters. The molecule has 4 rings (SSSR count). The van der Waals surface area contributed by atoms with Gasteiger partial charge in [-0.15, -0.1) is 0 Å². The summed E-state index contributed by atoms with van der Waals surface area (Å²) in [5, 5.41) is 2.01. The zero-order valence-electron chi connectivity index (χ0n) is 14.4. The Balaban J connectivity index is 1.71. The van der Waals surface area contributed by atoms with Crippen molar-refractivity contribution in [1.29, 1.82) is 0 Å². The predicted octanol–water partition coefficient (Wildman–Crippen LogP) is 5.07. The molecule has 0 saturated heterocycles. The first-order valence-corrected chi connectivity index (χ1v) is 9.04. The maximum Gasteiger partial charge on any atom is 0.339 e. The molecule has 0 unspecified atom stereocenters. The zero-order valence-corrected chi connectivity index (χ0v) is 15.9. The number of aryl methyl sites for hydroxylation is 1. The molecule has 0 bridgehead atoms. The van der Waals surface area contributed by atoms with E-state index in [-0.39, 0.29) is 5.63 Å². The van der Waals surface area contributed by atoms with E-state index in [4.69, 9.17) is 32.4 Å². The first-order valence-electron chi connectivity index (χ1n) is 8.29. The van der Waals surface area contributed by atoms with Gasteiger partial charge in [-0.1, -0.05) is 29.3 Å². The van der Waals surface area contributed by atoms with Gasteiger partial charge in [0.25, 0.3) is 0 Å². The maximum atomic E-state index is 12.1. The van der Waals surface area contributed by atoms with Gasteiger partial charge < -0.3 is 9.15 Å². The largest absolute Gasteiger partial charge is 0.478 e. The van der Waals surface area contributed by atoms with Gasteiger partial charge in [0, 0.05) is 24.0 Å². The summed E-state index contributed by atoms with van der Waals surface area (Å²) >= 11 is 12.1. The van der Waals surface area contributed by atoms with E-state index in [1.807, 2.05) is 31.2 Å². The molecule has 0 spiro atoms. The molecule has 6 heteroatoms. The van der Waals surface area contributed by atoms with Crippen molar-refractivity contribution >= 4 is 34.2 Å². The number of hydrogen-bond donors (Lipinski definition) is 0. The van der Waals surface area contributed by atoms with E-state index >= 15 is 0 Å². The summed E-state index contributed by atoms with van der Waals surface area (Å²) in [6.45, 7) is 5.46. The average molecular weight is 390 g/mol. The molecule has 2 heterocycles. The third-order valence-corrected chi connectivity index (χ3v) is 5.60. The van der Waals surface area contributed by atoms with Crippen LogP contribution in [0.2, 0.25) is 10.0 Å². The minimum absolute atomic E-state index is 0.301. The van der Waals surface area contributed by atoms with E-state index in [9.17, 15) is 4.79 Å². The van der Waals surface area contributed by atoms with Crippen molar-refractivity contribution in [2.24, 2.45) is 0 Å². The highest BCUT2D eigenvalue weighted by atomic mass is 35.5. The molecule has 4 nitrogen and oxygen atoms in total. The number of hydrogen-bond acceptors (Lipinski definition) is 4. The Morgan fingerprint density at radius 1 is 1.08 bits per heavy atom. The van der Waals surface area contributed by atoms with Crippen molar-refractivity contribution < 1.29 is 9.15 Å². The van der Waals surface area contributed by atoms with Crippen LogP contribution in [0, 0.1) is 13.8 Å². The van der Waals surface area contributed by atoms with Gasteiger partial charge in [0.15, 0.2) is 0 Å². The Labute approximate surface area is 160 Å². The highest BCUT2D eigenvalue weighted by Crippen LogP contribution is 2.34. The van der Waals surface area contributed by atoms with Crippen molar-refractivity contribution in [2.45, 2.75) is 26.9 Å². The fourth-order valence-electron chi connectivity index (χ4n) is 3.26. The van der Waals surface area contributed by atoms with Crippen LogP contribution in [0.5, 0.6) is 5.75 Å². The molecule has 0 fully saturated rings. The number of fused-ring (bicyclic) bond motifs is 3. The van der Waals surface area contributed by atoms with Crippen molar-refractivity contribution in [3.63, 3.8) is 0 Å². The van der Waals surface area contributed by atoms with Crippen LogP contribution in [0.25, 0.3) is 11.0 Å². The van der Waals surface area contributed by atoms with Gasteiger partial charge >= 0.3 is 5.63 Å². The molecular weight excluding hydrogens is 373 g/mol. The topological polar surface area (TPSA) is 42.7 Å². The van der Waals surface area contributed by atoms with Crippen LogP contribution in [0.1, 0.15) is 22.3 Å². The number of rotatable bonds is 2. The molecule has 0 saturated carbocycles. The zero-order chi connectivity index (χ0) is 18.4. The third kappa shape index (κ3) is 2.98. The van der Waals surface area contributed by atoms with Crippen molar-refractivity contribution in [3.8, 4) is 5.75 Å². The number of benzene rings is 2. The summed E-state index contributed by atoms with van der Waals surface area (Å²) < 4.78 is 11.5. The summed E-state index contributed by atoms with van der Waals surface area (Å²) in [6, 6.07) is 9.49. The fourth-order valence-corrected chi connectivity index (χ4v) is 3.58. The van der Waals surface area contributed by atoms with E-state index in [1.165, 1.54) is 0 Å². The molecule has 0 amide bonds. The van der Waals surface area contributed by atoms with Crippen molar-refractivity contribution in [2.75, 3.05) is 6.73 Å². The first-order chi connectivity index (χ1) is 12.4. The molecule has 0 aliphatic carbocycles. The third-order valence-electron chi connectivity index (χ3n) is 4.86. The van der Waals surface area contributed by atoms with Gasteiger partial charge in [-0.05, 0) is 49.2 Å². The van der Waals surface area contributed by atoms with Crippen molar-refractivity contribution in [3.05, 3.63) is 73.1 Å². The lowest BCUT2D eigenvalue weighted by Crippen LogP contribution is -2.31. The molecule has 1 aromatic heterocycles. The van der Waals surface area contributed by atoms with Crippen LogP contribution >= 0.6 is 23.2 Å². The summed E-state index contributed by atoms with van der Waals surface area (Å²) in [5.41, 5.74) is 3.83. The SMILES string of the molecule is Cc1c(C)c2ccc3c(c2oc1=O)CN(Cc1ccc(Cl)c(Cl)c1)CO3. The van der Waals surface area contributed by atoms with Crippen LogP contribution in [0.3, 0.4) is 0 Å². The number of ether oxygens (including phenoxy) is 1. The molecule has 134 valence electrons. The Morgan fingerprint density at radius 3 is 2.65 bits per heavy atom.